The molecule has 1 saturated heterocycles. The largest absolute Gasteiger partial charge is 0.485 e. The number of benzene rings is 2. The molecule has 0 saturated carbocycles. The number of carbonyl (C=O) groups excluding carboxylic acids is 3. The summed E-state index contributed by atoms with van der Waals surface area (Å²) in [6, 6.07) is 13.2. The number of nitrogens with one attached hydrogen (secondary N) is 2. The number of hydrogen-bond donors (Lipinski definition) is 2. The lowest BCUT2D eigenvalue weighted by molar-refractivity contribution is -0.125. The first kappa shape index (κ1) is 20.1. The average molecular weight is 421 g/mol. The van der Waals surface area contributed by atoms with Crippen LogP contribution >= 0.6 is 0 Å². The normalized spacial score (nSPS) is 13.3. The van der Waals surface area contributed by atoms with Crippen LogP contribution in [0.2, 0.25) is 0 Å². The Morgan fingerprint density at radius 2 is 2.03 bits per heavy atom. The summed E-state index contributed by atoms with van der Waals surface area (Å²) in [5.74, 6) is 0.885. The third kappa shape index (κ3) is 4.86. The van der Waals surface area contributed by atoms with E-state index in [0.29, 0.717) is 28.7 Å². The Balaban J connectivity index is 1.35. The molecule has 2 N–H and O–H groups in total. The van der Waals surface area contributed by atoms with E-state index in [9.17, 15) is 14.4 Å². The highest BCUT2D eigenvalue weighted by Crippen LogP contribution is 2.17. The van der Waals surface area contributed by atoms with Crippen molar-refractivity contribution in [1.29, 1.82) is 0 Å². The molecule has 2 aromatic carbocycles. The predicted octanol–water partition coefficient (Wildman–Crippen LogP) is 2.26. The molecule has 0 spiro atoms. The Bertz CT molecular complexity index is 1110. The summed E-state index contributed by atoms with van der Waals surface area (Å²) in [4.78, 5) is 41.2. The molecule has 0 unspecified atom stereocenters. The Morgan fingerprint density at radius 1 is 1.23 bits per heavy atom. The van der Waals surface area contributed by atoms with E-state index in [1.54, 1.807) is 55.5 Å². The number of amides is 4. The number of ether oxygens (including phenoxy) is 1. The number of aryl methyl sites for hydroxylation is 1. The third-order valence-corrected chi connectivity index (χ3v) is 4.52. The van der Waals surface area contributed by atoms with Gasteiger partial charge < -0.3 is 19.9 Å². The quantitative estimate of drug-likeness (QED) is 0.560. The zero-order chi connectivity index (χ0) is 21.8. The highest BCUT2D eigenvalue weighted by molar-refractivity contribution is 6.04. The number of rotatable bonds is 7. The van der Waals surface area contributed by atoms with E-state index >= 15 is 0 Å². The summed E-state index contributed by atoms with van der Waals surface area (Å²) < 4.78 is 10.5. The zero-order valence-corrected chi connectivity index (χ0v) is 16.6. The van der Waals surface area contributed by atoms with Crippen molar-refractivity contribution < 1.29 is 23.6 Å². The molecular formula is C21H19N5O5. The number of anilines is 1. The molecule has 0 atom stereocenters. The summed E-state index contributed by atoms with van der Waals surface area (Å²) in [6.45, 7) is 2.00. The summed E-state index contributed by atoms with van der Waals surface area (Å²) >= 11 is 0. The van der Waals surface area contributed by atoms with Crippen molar-refractivity contribution >= 4 is 23.5 Å². The van der Waals surface area contributed by atoms with Crippen molar-refractivity contribution in [2.24, 2.45) is 0 Å². The number of carbonyl (C=O) groups is 3. The SMILES string of the molecule is Cc1nc(COc2ccc(C(=O)Nc3cccc(CN4C(=O)CNC4=O)c3)cc2)no1. The van der Waals surface area contributed by atoms with Gasteiger partial charge >= 0.3 is 6.03 Å². The number of aromatic nitrogens is 2. The Morgan fingerprint density at radius 3 is 2.71 bits per heavy atom. The van der Waals surface area contributed by atoms with Crippen LogP contribution in [0.5, 0.6) is 5.75 Å². The second kappa shape index (κ2) is 8.66. The lowest BCUT2D eigenvalue weighted by Crippen LogP contribution is -2.30. The highest BCUT2D eigenvalue weighted by atomic mass is 16.5. The molecule has 1 aliphatic rings. The second-order valence-corrected chi connectivity index (χ2v) is 6.84. The Kier molecular flexibility index (Phi) is 5.61. The van der Waals surface area contributed by atoms with Gasteiger partial charge in [0.1, 0.15) is 5.75 Å². The molecule has 0 bridgehead atoms. The monoisotopic (exact) mass is 421 g/mol. The van der Waals surface area contributed by atoms with Crippen LogP contribution in [0.15, 0.2) is 53.1 Å². The van der Waals surface area contributed by atoms with Gasteiger partial charge in [0.05, 0.1) is 13.1 Å². The van der Waals surface area contributed by atoms with Gasteiger partial charge in [0.15, 0.2) is 6.61 Å². The van der Waals surface area contributed by atoms with Gasteiger partial charge in [-0.3, -0.25) is 14.5 Å². The summed E-state index contributed by atoms with van der Waals surface area (Å²) in [6.07, 6.45) is 0. The minimum atomic E-state index is -0.420. The van der Waals surface area contributed by atoms with Crippen LogP contribution in [0.1, 0.15) is 27.6 Å². The smallest absolute Gasteiger partial charge is 0.324 e. The molecule has 4 amide bonds. The molecule has 1 aliphatic heterocycles. The lowest BCUT2D eigenvalue weighted by Gasteiger charge is -2.13. The van der Waals surface area contributed by atoms with E-state index < -0.39 is 6.03 Å². The van der Waals surface area contributed by atoms with Crippen LogP contribution in [-0.4, -0.2) is 39.4 Å². The number of imide groups is 1. The first-order chi connectivity index (χ1) is 15.0. The molecule has 31 heavy (non-hydrogen) atoms. The fourth-order valence-corrected chi connectivity index (χ4v) is 3.00. The molecule has 3 aromatic rings. The zero-order valence-electron chi connectivity index (χ0n) is 16.6. The molecule has 0 radical (unpaired) electrons. The van der Waals surface area contributed by atoms with Crippen molar-refractivity contribution in [3.63, 3.8) is 0 Å². The molecular weight excluding hydrogens is 402 g/mol. The molecule has 4 rings (SSSR count). The van der Waals surface area contributed by atoms with E-state index in [4.69, 9.17) is 9.26 Å². The standard InChI is InChI=1S/C21H19N5O5/c1-13-23-18(25-31-13)12-30-17-7-5-15(6-8-17)20(28)24-16-4-2-3-14(9-16)11-26-19(27)10-22-21(26)29/h2-9H,10-12H2,1H3,(H,22,29)(H,24,28). The molecule has 1 aromatic heterocycles. The number of urea groups is 1. The van der Waals surface area contributed by atoms with Crippen LogP contribution in [0.25, 0.3) is 0 Å². The van der Waals surface area contributed by atoms with E-state index in [-0.39, 0.29) is 31.5 Å². The van der Waals surface area contributed by atoms with Crippen molar-refractivity contribution in [2.45, 2.75) is 20.1 Å². The second-order valence-electron chi connectivity index (χ2n) is 6.84. The fraction of sp³-hybridized carbons (Fsp3) is 0.190. The maximum absolute atomic E-state index is 12.6. The summed E-state index contributed by atoms with van der Waals surface area (Å²) in [5, 5.41) is 9.04. The molecule has 10 nitrogen and oxygen atoms in total. The van der Waals surface area contributed by atoms with Gasteiger partial charge in [0.25, 0.3) is 5.91 Å². The van der Waals surface area contributed by atoms with Gasteiger partial charge in [-0.15, -0.1) is 0 Å². The Labute approximate surface area is 177 Å². The summed E-state index contributed by atoms with van der Waals surface area (Å²) in [7, 11) is 0. The third-order valence-electron chi connectivity index (χ3n) is 4.52. The molecule has 2 heterocycles. The van der Waals surface area contributed by atoms with Gasteiger partial charge in [-0.05, 0) is 42.0 Å². The molecule has 10 heteroatoms. The maximum Gasteiger partial charge on any atom is 0.324 e. The topological polar surface area (TPSA) is 127 Å². The molecule has 158 valence electrons. The van der Waals surface area contributed by atoms with Crippen LogP contribution < -0.4 is 15.4 Å². The van der Waals surface area contributed by atoms with Gasteiger partial charge in [-0.1, -0.05) is 17.3 Å². The van der Waals surface area contributed by atoms with Gasteiger partial charge in [0.2, 0.25) is 17.6 Å². The fourth-order valence-electron chi connectivity index (χ4n) is 3.00. The van der Waals surface area contributed by atoms with Crippen LogP contribution in [0, 0.1) is 6.92 Å². The van der Waals surface area contributed by atoms with E-state index in [1.807, 2.05) is 0 Å². The van der Waals surface area contributed by atoms with Gasteiger partial charge in [-0.25, -0.2) is 4.79 Å². The predicted molar refractivity (Wildman–Crippen MR) is 108 cm³/mol. The molecule has 0 aliphatic carbocycles. The minimum Gasteiger partial charge on any atom is -0.485 e. The van der Waals surface area contributed by atoms with Crippen LogP contribution in [0.3, 0.4) is 0 Å². The minimum absolute atomic E-state index is 0.00368. The van der Waals surface area contributed by atoms with E-state index in [0.717, 1.165) is 10.5 Å². The Hall–Kier alpha value is -4.21. The van der Waals surface area contributed by atoms with Crippen LogP contribution in [-0.2, 0) is 17.9 Å². The average Bonchev–Trinajstić information content (AvgIpc) is 3.33. The maximum atomic E-state index is 12.6. The first-order valence-electron chi connectivity index (χ1n) is 9.48. The van der Waals surface area contributed by atoms with Gasteiger partial charge in [0, 0.05) is 18.2 Å². The van der Waals surface area contributed by atoms with E-state index in [1.165, 1.54) is 0 Å². The van der Waals surface area contributed by atoms with E-state index in [2.05, 4.69) is 20.8 Å². The number of hydrogen-bond acceptors (Lipinski definition) is 7. The lowest BCUT2D eigenvalue weighted by atomic mass is 10.1. The van der Waals surface area contributed by atoms with Crippen molar-refractivity contribution in [2.75, 3.05) is 11.9 Å². The highest BCUT2D eigenvalue weighted by Gasteiger charge is 2.28. The van der Waals surface area contributed by atoms with Crippen molar-refractivity contribution in [3.8, 4) is 5.75 Å². The van der Waals surface area contributed by atoms with Crippen molar-refractivity contribution in [3.05, 3.63) is 71.4 Å². The number of nitrogens with zero attached hydrogens (tertiary/aromatic N) is 3. The van der Waals surface area contributed by atoms with Gasteiger partial charge in [-0.2, -0.15) is 4.98 Å². The van der Waals surface area contributed by atoms with Crippen LogP contribution in [0.4, 0.5) is 10.5 Å². The van der Waals surface area contributed by atoms with Crippen molar-refractivity contribution in [1.82, 2.24) is 20.4 Å². The molecule has 1 fully saturated rings. The summed E-state index contributed by atoms with van der Waals surface area (Å²) in [5.41, 5.74) is 1.73. The first-order valence-corrected chi connectivity index (χ1v) is 9.48.